The van der Waals surface area contributed by atoms with Gasteiger partial charge in [-0.1, -0.05) is 10.3 Å². The molecule has 0 amide bonds. The first kappa shape index (κ1) is 12.7. The van der Waals surface area contributed by atoms with Crippen LogP contribution in [-0.2, 0) is 17.4 Å². The van der Waals surface area contributed by atoms with E-state index in [-0.39, 0.29) is 5.78 Å². The van der Waals surface area contributed by atoms with Gasteiger partial charge in [-0.25, -0.2) is 0 Å². The number of ketones is 1. The van der Waals surface area contributed by atoms with Crippen molar-refractivity contribution in [2.75, 3.05) is 5.75 Å². The van der Waals surface area contributed by atoms with Crippen molar-refractivity contribution >= 4 is 35.9 Å². The van der Waals surface area contributed by atoms with Gasteiger partial charge in [0.05, 0.1) is 5.75 Å². The lowest BCUT2D eigenvalue weighted by molar-refractivity contribution is -0.577. The van der Waals surface area contributed by atoms with E-state index in [0.717, 1.165) is 0 Å². The Bertz CT molecular complexity index is 449. The summed E-state index contributed by atoms with van der Waals surface area (Å²) in [4.78, 5) is 10.8. The van der Waals surface area contributed by atoms with Crippen LogP contribution in [0.5, 0.6) is 0 Å². The van der Waals surface area contributed by atoms with E-state index in [4.69, 9.17) is 17.9 Å². The number of aromatic nitrogens is 1. The predicted octanol–water partition coefficient (Wildman–Crippen LogP) is 1.49. The second-order valence-electron chi connectivity index (χ2n) is 3.02. The normalized spacial score (nSPS) is 11.5. The van der Waals surface area contributed by atoms with Crippen LogP contribution in [-0.4, -0.2) is 11.5 Å². The van der Waals surface area contributed by atoms with Crippen molar-refractivity contribution in [1.82, 2.24) is 0 Å². The molecular weight excluding hydrogens is 240 g/mol. The fourth-order valence-corrected chi connectivity index (χ4v) is 1.94. The third-order valence-corrected chi connectivity index (χ3v) is 3.23. The molecule has 0 aliphatic heterocycles. The maximum atomic E-state index is 10.8. The van der Waals surface area contributed by atoms with Gasteiger partial charge in [0.15, 0.2) is 18.5 Å². The van der Waals surface area contributed by atoms with E-state index >= 15 is 0 Å². The molecule has 1 aromatic rings. The number of rotatable bonds is 4. The van der Waals surface area contributed by atoms with Crippen LogP contribution in [0.2, 0.25) is 0 Å². The largest absolute Gasteiger partial charge is 0.766 e. The number of carbonyl (C=O) groups excluding carboxylic acids is 1. The van der Waals surface area contributed by atoms with Gasteiger partial charge in [-0.3, -0.25) is 4.79 Å². The highest BCUT2D eigenvalue weighted by Crippen LogP contribution is 2.17. The third kappa shape index (κ3) is 3.65. The smallest absolute Gasteiger partial charge is 0.275 e. The number of nitriles is 1. The summed E-state index contributed by atoms with van der Waals surface area (Å²) in [6.45, 7) is 1.50. The molecule has 0 aromatic carbocycles. The van der Waals surface area contributed by atoms with Crippen molar-refractivity contribution in [1.29, 1.82) is 5.26 Å². The Balaban J connectivity index is 2.93. The molecule has 0 fully saturated rings. The van der Waals surface area contributed by atoms with E-state index in [0.29, 0.717) is 15.7 Å². The number of hydrogen-bond acceptors (Lipinski definition) is 4. The van der Waals surface area contributed by atoms with Gasteiger partial charge >= 0.3 is 0 Å². The summed E-state index contributed by atoms with van der Waals surface area (Å²) in [6.07, 6.45) is 3.50. The van der Waals surface area contributed by atoms with E-state index in [2.05, 4.69) is 0 Å². The van der Waals surface area contributed by atoms with Crippen molar-refractivity contribution in [3.05, 3.63) is 34.8 Å². The standard InChI is InChI=1S/C11H10N2OS2/c1-9(14)8-16-11(15)10(7-12)13-5-3-2-4-6-13/h2-6H,8H2,1H3. The average Bonchev–Trinajstić information content (AvgIpc) is 2.29. The minimum absolute atomic E-state index is 0.0442. The van der Waals surface area contributed by atoms with Crippen molar-refractivity contribution in [3.8, 4) is 6.07 Å². The van der Waals surface area contributed by atoms with E-state index < -0.39 is 0 Å². The number of carbonyl (C=O) groups is 1. The lowest BCUT2D eigenvalue weighted by Crippen LogP contribution is -2.31. The van der Waals surface area contributed by atoms with Crippen LogP contribution in [0.25, 0.3) is 5.70 Å². The van der Waals surface area contributed by atoms with Crippen LogP contribution in [0.1, 0.15) is 6.92 Å². The molecule has 0 radical (unpaired) electrons. The van der Waals surface area contributed by atoms with Crippen LogP contribution in [0.4, 0.5) is 0 Å². The van der Waals surface area contributed by atoms with Gasteiger partial charge < -0.3 is 12.6 Å². The summed E-state index contributed by atoms with van der Waals surface area (Å²) in [6, 6.07) is 7.54. The Morgan fingerprint density at radius 1 is 1.44 bits per heavy atom. The summed E-state index contributed by atoms with van der Waals surface area (Å²) < 4.78 is 2.09. The first-order valence-corrected chi connectivity index (χ1v) is 5.95. The third-order valence-electron chi connectivity index (χ3n) is 1.68. The van der Waals surface area contributed by atoms with Crippen LogP contribution in [0, 0.1) is 11.3 Å². The molecule has 0 bridgehead atoms. The maximum absolute atomic E-state index is 10.8. The molecule has 0 saturated heterocycles. The highest BCUT2D eigenvalue weighted by Gasteiger charge is 2.08. The molecule has 16 heavy (non-hydrogen) atoms. The highest BCUT2D eigenvalue weighted by molar-refractivity contribution is 8.11. The van der Waals surface area contributed by atoms with Gasteiger partial charge in [-0.2, -0.15) is 9.83 Å². The number of thioether (sulfide) groups is 1. The fourth-order valence-electron chi connectivity index (χ4n) is 0.992. The van der Waals surface area contributed by atoms with E-state index in [9.17, 15) is 4.79 Å². The van der Waals surface area contributed by atoms with Crippen LogP contribution < -0.4 is 4.57 Å². The van der Waals surface area contributed by atoms with Crippen molar-refractivity contribution in [3.63, 3.8) is 0 Å². The Morgan fingerprint density at radius 3 is 2.56 bits per heavy atom. The molecule has 5 heteroatoms. The van der Waals surface area contributed by atoms with E-state index in [1.807, 2.05) is 24.3 Å². The molecule has 0 aliphatic rings. The number of Topliss-reactive ketones (excluding diaryl/α,β-unsaturated/α-hetero) is 1. The van der Waals surface area contributed by atoms with E-state index in [1.54, 1.807) is 17.0 Å². The molecule has 0 spiro atoms. The van der Waals surface area contributed by atoms with Crippen LogP contribution in [0.3, 0.4) is 0 Å². The zero-order chi connectivity index (χ0) is 12.0. The lowest BCUT2D eigenvalue weighted by atomic mass is 10.4. The van der Waals surface area contributed by atoms with Gasteiger partial charge in [0.2, 0.25) is 0 Å². The predicted molar refractivity (Wildman–Crippen MR) is 66.0 cm³/mol. The van der Waals surface area contributed by atoms with Gasteiger partial charge in [0.1, 0.15) is 5.78 Å². The van der Waals surface area contributed by atoms with Gasteiger partial charge in [-0.15, -0.1) is 11.8 Å². The summed E-state index contributed by atoms with van der Waals surface area (Å²) in [5.74, 6) is 0.347. The Morgan fingerprint density at radius 2 is 2.06 bits per heavy atom. The van der Waals surface area contributed by atoms with E-state index in [1.165, 1.54) is 18.7 Å². The first-order valence-electron chi connectivity index (χ1n) is 4.55. The first-order chi connectivity index (χ1) is 7.65. The molecule has 3 nitrogen and oxygen atoms in total. The number of pyridine rings is 1. The molecule has 0 aliphatic carbocycles. The Hall–Kier alpha value is -1.38. The summed E-state index contributed by atoms with van der Waals surface area (Å²) in [7, 11) is 0. The number of hydrogen-bond donors (Lipinski definition) is 0. The zero-order valence-corrected chi connectivity index (χ0v) is 10.3. The van der Waals surface area contributed by atoms with Crippen LogP contribution in [0.15, 0.2) is 34.8 Å². The maximum Gasteiger partial charge on any atom is 0.275 e. The minimum Gasteiger partial charge on any atom is -0.766 e. The molecule has 82 valence electrons. The fraction of sp³-hybridized carbons (Fsp3) is 0.182. The van der Waals surface area contributed by atoms with Gasteiger partial charge in [-0.05, 0) is 6.92 Å². The molecule has 1 rings (SSSR count). The molecule has 0 atom stereocenters. The van der Waals surface area contributed by atoms with Gasteiger partial charge in [0, 0.05) is 12.1 Å². The number of allylic oxidation sites excluding steroid dienone is 1. The minimum atomic E-state index is 0.0442. The topological polar surface area (TPSA) is 44.7 Å². The van der Waals surface area contributed by atoms with Crippen molar-refractivity contribution in [2.45, 2.75) is 6.92 Å². The molecule has 1 heterocycles. The second kappa shape index (κ2) is 6.26. The zero-order valence-electron chi connectivity index (χ0n) is 8.71. The van der Waals surface area contributed by atoms with Crippen molar-refractivity contribution < 1.29 is 9.36 Å². The molecule has 0 unspecified atom stereocenters. The monoisotopic (exact) mass is 250 g/mol. The lowest BCUT2D eigenvalue weighted by Gasteiger charge is -2.09. The molecule has 0 N–H and O–H groups in total. The SMILES string of the molecule is CC(=O)CSC([S-])=C(C#N)[n+]1ccccc1. The van der Waals surface area contributed by atoms with Crippen molar-refractivity contribution in [2.24, 2.45) is 0 Å². The Kier molecular flexibility index (Phi) is 4.96. The second-order valence-corrected chi connectivity index (χ2v) is 4.67. The molecule has 1 aromatic heterocycles. The molecular formula is C11H10N2OS2. The summed E-state index contributed by atoms with van der Waals surface area (Å²) in [5.41, 5.74) is 0.377. The quantitative estimate of drug-likeness (QED) is 0.461. The summed E-state index contributed by atoms with van der Waals surface area (Å²) >= 11 is 6.32. The Labute approximate surface area is 104 Å². The number of nitrogens with zero attached hydrogens (tertiary/aromatic N) is 2. The molecule has 0 saturated carbocycles. The van der Waals surface area contributed by atoms with Crippen LogP contribution >= 0.6 is 11.8 Å². The average molecular weight is 250 g/mol. The van der Waals surface area contributed by atoms with Gasteiger partial charge in [0.25, 0.3) is 5.70 Å². The highest BCUT2D eigenvalue weighted by atomic mass is 32.2. The summed E-state index contributed by atoms with van der Waals surface area (Å²) in [5, 5.41) is 9.02.